The third-order valence-corrected chi connectivity index (χ3v) is 10.3. The highest BCUT2D eigenvalue weighted by molar-refractivity contribution is 8.02. The number of anilines is 1. The van der Waals surface area contributed by atoms with Crippen LogP contribution in [0.4, 0.5) is 5.69 Å². The molecule has 5 atom stereocenters. The number of unbranched alkanes of at least 4 members (excludes halogenated alkanes) is 2. The van der Waals surface area contributed by atoms with Gasteiger partial charge in [-0.15, -0.1) is 11.8 Å². The molecule has 1 aromatic rings. The van der Waals surface area contributed by atoms with E-state index in [0.717, 1.165) is 12.1 Å². The van der Waals surface area contributed by atoms with E-state index in [1.165, 1.54) is 0 Å². The number of carbonyl (C=O) groups is 3. The molecule has 0 aliphatic carbocycles. The highest BCUT2D eigenvalue weighted by Gasteiger charge is 2.74. The van der Waals surface area contributed by atoms with Gasteiger partial charge in [-0.2, -0.15) is 0 Å². The Morgan fingerprint density at radius 2 is 1.63 bits per heavy atom. The number of hydrogen-bond donors (Lipinski definition) is 1. The van der Waals surface area contributed by atoms with Gasteiger partial charge in [-0.3, -0.25) is 14.4 Å². The minimum Gasteiger partial charge on any atom is -0.396 e. The van der Waals surface area contributed by atoms with Crippen LogP contribution in [0.5, 0.6) is 0 Å². The zero-order chi connectivity index (χ0) is 27.3. The number of aliphatic hydroxyl groups is 1. The van der Waals surface area contributed by atoms with Crippen molar-refractivity contribution in [1.82, 2.24) is 9.80 Å². The number of aliphatic hydroxyl groups excluding tert-OH is 1. The quantitative estimate of drug-likeness (QED) is 0.443. The Morgan fingerprint density at radius 3 is 2.32 bits per heavy atom. The Hall–Kier alpha value is -2.58. The number of para-hydroxylation sites is 1. The number of thioether (sulfide) groups is 1. The Balaban J connectivity index is 1.60. The van der Waals surface area contributed by atoms with Crippen LogP contribution in [0, 0.1) is 11.8 Å². The molecule has 0 radical (unpaired) electrons. The van der Waals surface area contributed by atoms with Gasteiger partial charge in [0.05, 0.1) is 16.6 Å². The number of fused-ring (bicyclic) bond motifs is 2. The van der Waals surface area contributed by atoms with Crippen molar-refractivity contribution >= 4 is 35.2 Å². The highest BCUT2D eigenvalue weighted by Crippen LogP contribution is 2.65. The van der Waals surface area contributed by atoms with E-state index < -0.39 is 32.9 Å². The Morgan fingerprint density at radius 1 is 0.921 bits per heavy atom. The first-order valence-corrected chi connectivity index (χ1v) is 14.5. The molecule has 0 bridgehead atoms. The van der Waals surface area contributed by atoms with E-state index in [1.807, 2.05) is 68.2 Å². The smallest absolute Gasteiger partial charge is 0.247 e. The molecule has 2 fully saturated rings. The van der Waals surface area contributed by atoms with Gasteiger partial charge in [0.2, 0.25) is 17.7 Å². The summed E-state index contributed by atoms with van der Waals surface area (Å²) in [7, 11) is 0. The molecule has 7 nitrogen and oxygen atoms in total. The lowest BCUT2D eigenvalue weighted by atomic mass is 9.74. The van der Waals surface area contributed by atoms with Crippen LogP contribution in [0.1, 0.15) is 47.0 Å². The second kappa shape index (κ2) is 9.87. The maximum absolute atomic E-state index is 14.4. The van der Waals surface area contributed by atoms with Gasteiger partial charge in [-0.1, -0.05) is 42.5 Å². The lowest BCUT2D eigenvalue weighted by Crippen LogP contribution is -2.57. The molecule has 1 spiro atoms. The second-order valence-electron chi connectivity index (χ2n) is 12.0. The molecular weight excluding hydrogens is 498 g/mol. The maximum Gasteiger partial charge on any atom is 0.247 e. The lowest BCUT2D eigenvalue weighted by Gasteiger charge is -2.41. The van der Waals surface area contributed by atoms with Crippen LogP contribution in [0.3, 0.4) is 0 Å². The molecule has 4 heterocycles. The summed E-state index contributed by atoms with van der Waals surface area (Å²) in [5.41, 5.74) is 0.403. The molecular formula is C30H39N3O4S. The average Bonchev–Trinajstić information content (AvgIpc) is 3.12. The van der Waals surface area contributed by atoms with Gasteiger partial charge in [-0.25, -0.2) is 0 Å². The van der Waals surface area contributed by atoms with Gasteiger partial charge < -0.3 is 19.8 Å². The number of hydrogen-bond acceptors (Lipinski definition) is 5. The molecule has 204 valence electrons. The van der Waals surface area contributed by atoms with Crippen LogP contribution < -0.4 is 4.90 Å². The summed E-state index contributed by atoms with van der Waals surface area (Å²) < 4.78 is -1.45. The number of rotatable bonds is 6. The van der Waals surface area contributed by atoms with Crippen LogP contribution in [-0.4, -0.2) is 79.9 Å². The largest absolute Gasteiger partial charge is 0.396 e. The van der Waals surface area contributed by atoms with E-state index in [2.05, 4.69) is 19.1 Å². The molecule has 8 heteroatoms. The fraction of sp³-hybridized carbons (Fsp3) is 0.567. The molecule has 1 N–H and O–H groups in total. The predicted molar refractivity (Wildman–Crippen MR) is 151 cm³/mol. The van der Waals surface area contributed by atoms with Crippen LogP contribution in [0.2, 0.25) is 0 Å². The van der Waals surface area contributed by atoms with Gasteiger partial charge in [0.1, 0.15) is 6.04 Å². The minimum absolute atomic E-state index is 0.0515. The fourth-order valence-corrected chi connectivity index (χ4v) is 8.93. The van der Waals surface area contributed by atoms with Crippen molar-refractivity contribution in [3.05, 3.63) is 54.6 Å². The van der Waals surface area contributed by atoms with Crippen molar-refractivity contribution in [3.8, 4) is 0 Å². The van der Waals surface area contributed by atoms with Crippen molar-refractivity contribution in [2.75, 3.05) is 31.1 Å². The number of nitrogens with zero attached hydrogens (tertiary/aromatic N) is 3. The third kappa shape index (κ3) is 4.20. The first-order valence-electron chi connectivity index (χ1n) is 13.7. The Kier molecular flexibility index (Phi) is 7.01. The monoisotopic (exact) mass is 537 g/mol. The summed E-state index contributed by atoms with van der Waals surface area (Å²) >= 11 is 1.62. The standard InChI is InChI=1S/C30H39N3O4S/c1-28(2,3)33-19-12-16-30-23(26(36)32(24(30)27(33)37)17-9-6-10-20-34)22-25(35)31(21-13-7-5-8-14-21)18-11-15-29(22,4)38-30/h5,7-8,11-16,22-24,34H,6,9-10,17-20H2,1-4H3/t22-,23-,24?,29+,30-/m0/s1. The lowest BCUT2D eigenvalue weighted by molar-refractivity contribution is -0.145. The summed E-state index contributed by atoms with van der Waals surface area (Å²) in [5.74, 6) is -1.45. The summed E-state index contributed by atoms with van der Waals surface area (Å²) in [6, 6.07) is 8.94. The molecule has 2 saturated heterocycles. The van der Waals surface area contributed by atoms with Crippen molar-refractivity contribution in [2.24, 2.45) is 11.8 Å². The fourth-order valence-electron chi connectivity index (χ4n) is 6.78. The SMILES string of the molecule is CC(C)(C)N1CC=C[C@]23S[C@]4(C)C=CCN(c5ccccc5)C(=O)[C@@H]4[C@H]2C(=O)N(CCCCCO)C3C1=O. The van der Waals surface area contributed by atoms with E-state index >= 15 is 0 Å². The van der Waals surface area contributed by atoms with Gasteiger partial charge in [0.25, 0.3) is 0 Å². The summed E-state index contributed by atoms with van der Waals surface area (Å²) in [4.78, 5) is 48.5. The first-order chi connectivity index (χ1) is 18.0. The zero-order valence-corrected chi connectivity index (χ0v) is 23.6. The van der Waals surface area contributed by atoms with Gasteiger partial charge in [0.15, 0.2) is 0 Å². The van der Waals surface area contributed by atoms with E-state index in [0.29, 0.717) is 32.5 Å². The molecule has 4 aliphatic heterocycles. The molecule has 4 aliphatic rings. The van der Waals surface area contributed by atoms with Crippen molar-refractivity contribution < 1.29 is 19.5 Å². The molecule has 3 amide bonds. The summed E-state index contributed by atoms with van der Waals surface area (Å²) in [5, 5.41) is 9.26. The number of likely N-dealkylation sites (tertiary alicyclic amines) is 1. The van der Waals surface area contributed by atoms with Crippen molar-refractivity contribution in [1.29, 1.82) is 0 Å². The molecule has 5 rings (SSSR count). The third-order valence-electron chi connectivity index (χ3n) is 8.49. The number of benzene rings is 1. The zero-order valence-electron chi connectivity index (χ0n) is 22.8. The normalized spacial score (nSPS) is 32.8. The summed E-state index contributed by atoms with van der Waals surface area (Å²) in [6.45, 7) is 9.59. The second-order valence-corrected chi connectivity index (χ2v) is 13.8. The predicted octanol–water partition coefficient (Wildman–Crippen LogP) is 3.64. The number of amides is 3. The molecule has 0 saturated carbocycles. The number of carbonyl (C=O) groups excluding carboxylic acids is 3. The Labute approximate surface area is 229 Å². The minimum atomic E-state index is -0.829. The Bertz CT molecular complexity index is 1160. The molecule has 1 aromatic carbocycles. The van der Waals surface area contributed by atoms with E-state index in [9.17, 15) is 19.5 Å². The van der Waals surface area contributed by atoms with Crippen LogP contribution in [-0.2, 0) is 14.4 Å². The maximum atomic E-state index is 14.4. The van der Waals surface area contributed by atoms with Crippen molar-refractivity contribution in [2.45, 2.75) is 68.0 Å². The molecule has 38 heavy (non-hydrogen) atoms. The summed E-state index contributed by atoms with van der Waals surface area (Å²) in [6.07, 6.45) is 10.4. The van der Waals surface area contributed by atoms with E-state index in [4.69, 9.17) is 0 Å². The first kappa shape index (κ1) is 27.0. The van der Waals surface area contributed by atoms with Crippen molar-refractivity contribution in [3.63, 3.8) is 0 Å². The van der Waals surface area contributed by atoms with Crippen LogP contribution in [0.25, 0.3) is 0 Å². The highest BCUT2D eigenvalue weighted by atomic mass is 32.2. The van der Waals surface area contributed by atoms with E-state index in [-0.39, 0.29) is 24.3 Å². The topological polar surface area (TPSA) is 81.2 Å². The average molecular weight is 538 g/mol. The van der Waals surface area contributed by atoms with E-state index in [1.54, 1.807) is 21.6 Å². The molecule has 1 unspecified atom stereocenters. The van der Waals surface area contributed by atoms with Crippen LogP contribution in [0.15, 0.2) is 54.6 Å². The van der Waals surface area contributed by atoms with Gasteiger partial charge in [-0.05, 0) is 59.1 Å². The van der Waals surface area contributed by atoms with Gasteiger partial charge in [0, 0.05) is 42.2 Å². The van der Waals surface area contributed by atoms with Crippen LogP contribution >= 0.6 is 11.8 Å². The molecule has 0 aromatic heterocycles. The van der Waals surface area contributed by atoms with Gasteiger partial charge >= 0.3 is 0 Å².